The van der Waals surface area contributed by atoms with Crippen molar-refractivity contribution in [1.29, 1.82) is 0 Å². The highest BCUT2D eigenvalue weighted by atomic mass is 16.5. The Morgan fingerprint density at radius 3 is 2.79 bits per heavy atom. The normalized spacial score (nSPS) is 9.95. The smallest absolute Gasteiger partial charge is 0.356 e. The summed E-state index contributed by atoms with van der Waals surface area (Å²) in [6.07, 6.45) is 0. The standard InChI is InChI=1S/C13H13N3O3/c1-2-19-10-5-3-4-9(8-10)14-12-7-6-11(13(17)18)15-16-12/h3-8H,2H2,1H3,(H,14,16)(H,17,18). The average Bonchev–Trinajstić information content (AvgIpc) is 2.40. The lowest BCUT2D eigenvalue weighted by Crippen LogP contribution is -2.03. The second kappa shape index (κ2) is 5.81. The monoisotopic (exact) mass is 259 g/mol. The minimum atomic E-state index is -1.10. The third kappa shape index (κ3) is 3.41. The number of aromatic nitrogens is 2. The largest absolute Gasteiger partial charge is 0.494 e. The van der Waals surface area contributed by atoms with Crippen LogP contribution in [0.5, 0.6) is 5.75 Å². The van der Waals surface area contributed by atoms with Crippen molar-refractivity contribution in [2.75, 3.05) is 11.9 Å². The highest BCUT2D eigenvalue weighted by molar-refractivity contribution is 5.85. The van der Waals surface area contributed by atoms with Gasteiger partial charge < -0.3 is 15.2 Å². The summed E-state index contributed by atoms with van der Waals surface area (Å²) < 4.78 is 5.38. The van der Waals surface area contributed by atoms with Crippen molar-refractivity contribution in [3.05, 3.63) is 42.1 Å². The number of ether oxygens (including phenoxy) is 1. The molecule has 0 aliphatic rings. The topological polar surface area (TPSA) is 84.3 Å². The number of rotatable bonds is 5. The number of anilines is 2. The Kier molecular flexibility index (Phi) is 3.92. The van der Waals surface area contributed by atoms with Crippen LogP contribution in [0.15, 0.2) is 36.4 Å². The van der Waals surface area contributed by atoms with E-state index >= 15 is 0 Å². The van der Waals surface area contributed by atoms with Crippen molar-refractivity contribution in [2.45, 2.75) is 6.92 Å². The zero-order chi connectivity index (χ0) is 13.7. The minimum absolute atomic E-state index is 0.0892. The van der Waals surface area contributed by atoms with Crippen molar-refractivity contribution in [3.63, 3.8) is 0 Å². The Balaban J connectivity index is 2.12. The lowest BCUT2D eigenvalue weighted by Gasteiger charge is -2.07. The fourth-order valence-corrected chi connectivity index (χ4v) is 1.49. The molecule has 0 aliphatic carbocycles. The van der Waals surface area contributed by atoms with Gasteiger partial charge in [-0.1, -0.05) is 6.07 Å². The molecule has 0 saturated heterocycles. The maximum atomic E-state index is 10.6. The van der Waals surface area contributed by atoms with E-state index in [0.717, 1.165) is 11.4 Å². The van der Waals surface area contributed by atoms with Gasteiger partial charge >= 0.3 is 5.97 Å². The number of aromatic carboxylic acids is 1. The highest BCUT2D eigenvalue weighted by Crippen LogP contribution is 2.20. The second-order valence-corrected chi connectivity index (χ2v) is 3.69. The molecule has 2 rings (SSSR count). The van der Waals surface area contributed by atoms with Crippen LogP contribution >= 0.6 is 0 Å². The molecule has 0 unspecified atom stereocenters. The van der Waals surface area contributed by atoms with E-state index in [2.05, 4.69) is 15.5 Å². The zero-order valence-corrected chi connectivity index (χ0v) is 10.3. The molecular formula is C13H13N3O3. The molecule has 0 bridgehead atoms. The molecule has 0 saturated carbocycles. The Bertz CT molecular complexity index is 570. The van der Waals surface area contributed by atoms with Crippen molar-refractivity contribution < 1.29 is 14.6 Å². The fourth-order valence-electron chi connectivity index (χ4n) is 1.49. The van der Waals surface area contributed by atoms with Crippen molar-refractivity contribution >= 4 is 17.5 Å². The summed E-state index contributed by atoms with van der Waals surface area (Å²) in [7, 11) is 0. The lowest BCUT2D eigenvalue weighted by atomic mass is 10.3. The molecule has 0 spiro atoms. The molecule has 0 amide bonds. The van der Waals surface area contributed by atoms with Crippen LogP contribution in [-0.4, -0.2) is 27.9 Å². The number of nitrogens with one attached hydrogen (secondary N) is 1. The molecule has 1 aromatic heterocycles. The van der Waals surface area contributed by atoms with Gasteiger partial charge in [-0.05, 0) is 31.2 Å². The molecule has 6 nitrogen and oxygen atoms in total. The quantitative estimate of drug-likeness (QED) is 0.857. The van der Waals surface area contributed by atoms with Crippen LogP contribution in [0.1, 0.15) is 17.4 Å². The van der Waals surface area contributed by atoms with Crippen LogP contribution in [0, 0.1) is 0 Å². The number of carboxylic acids is 1. The molecule has 0 fully saturated rings. The summed E-state index contributed by atoms with van der Waals surface area (Å²) in [5.74, 6) is 0.124. The summed E-state index contributed by atoms with van der Waals surface area (Å²) in [5.41, 5.74) is 0.706. The van der Waals surface area contributed by atoms with Gasteiger partial charge in [0.1, 0.15) is 5.75 Å². The van der Waals surface area contributed by atoms with Gasteiger partial charge in [-0.2, -0.15) is 0 Å². The number of nitrogens with zero attached hydrogens (tertiary/aromatic N) is 2. The number of benzene rings is 1. The predicted octanol–water partition coefficient (Wildman–Crippen LogP) is 2.32. The molecule has 2 N–H and O–H groups in total. The Hall–Kier alpha value is -2.63. The van der Waals surface area contributed by atoms with Gasteiger partial charge in [0.15, 0.2) is 11.5 Å². The predicted molar refractivity (Wildman–Crippen MR) is 69.9 cm³/mol. The Morgan fingerprint density at radius 2 is 2.16 bits per heavy atom. The molecule has 6 heteroatoms. The van der Waals surface area contributed by atoms with Crippen LogP contribution in [0.3, 0.4) is 0 Å². The molecule has 2 aromatic rings. The molecule has 19 heavy (non-hydrogen) atoms. The third-order valence-electron chi connectivity index (χ3n) is 2.30. The van der Waals surface area contributed by atoms with Crippen LogP contribution in [0.4, 0.5) is 11.5 Å². The molecule has 98 valence electrons. The molecule has 0 aliphatic heterocycles. The van der Waals surface area contributed by atoms with Crippen molar-refractivity contribution in [2.24, 2.45) is 0 Å². The van der Waals surface area contributed by atoms with E-state index in [1.165, 1.54) is 6.07 Å². The van der Waals surface area contributed by atoms with Crippen LogP contribution in [-0.2, 0) is 0 Å². The van der Waals surface area contributed by atoms with E-state index in [9.17, 15) is 4.79 Å². The number of carbonyl (C=O) groups is 1. The van der Waals surface area contributed by atoms with E-state index in [-0.39, 0.29) is 5.69 Å². The molecular weight excluding hydrogens is 246 g/mol. The van der Waals surface area contributed by atoms with E-state index in [4.69, 9.17) is 9.84 Å². The SMILES string of the molecule is CCOc1cccc(Nc2ccc(C(=O)O)nn2)c1. The van der Waals surface area contributed by atoms with Crippen molar-refractivity contribution in [3.8, 4) is 5.75 Å². The van der Waals surface area contributed by atoms with Gasteiger partial charge in [-0.3, -0.25) is 0 Å². The molecule has 1 heterocycles. The maximum absolute atomic E-state index is 10.6. The van der Waals surface area contributed by atoms with E-state index in [0.29, 0.717) is 12.4 Å². The van der Waals surface area contributed by atoms with Gasteiger partial charge in [-0.25, -0.2) is 4.79 Å². The molecule has 0 radical (unpaired) electrons. The van der Waals surface area contributed by atoms with Crippen LogP contribution < -0.4 is 10.1 Å². The first kappa shape index (κ1) is 12.8. The molecule has 0 atom stereocenters. The maximum Gasteiger partial charge on any atom is 0.356 e. The highest BCUT2D eigenvalue weighted by Gasteiger charge is 2.05. The number of hydrogen-bond donors (Lipinski definition) is 2. The van der Waals surface area contributed by atoms with Gasteiger partial charge in [0.25, 0.3) is 0 Å². The molecule has 1 aromatic carbocycles. The van der Waals surface area contributed by atoms with E-state index in [1.54, 1.807) is 6.07 Å². The van der Waals surface area contributed by atoms with E-state index in [1.807, 2.05) is 31.2 Å². The summed E-state index contributed by atoms with van der Waals surface area (Å²) in [6.45, 7) is 2.51. The Morgan fingerprint density at radius 1 is 1.32 bits per heavy atom. The van der Waals surface area contributed by atoms with Crippen LogP contribution in [0.25, 0.3) is 0 Å². The minimum Gasteiger partial charge on any atom is -0.494 e. The van der Waals surface area contributed by atoms with Gasteiger partial charge in [-0.15, -0.1) is 10.2 Å². The first-order valence-electron chi connectivity index (χ1n) is 5.76. The summed E-state index contributed by atoms with van der Waals surface area (Å²) in [6, 6.07) is 10.3. The Labute approximate surface area is 110 Å². The number of hydrogen-bond acceptors (Lipinski definition) is 5. The summed E-state index contributed by atoms with van der Waals surface area (Å²) in [5, 5.41) is 19.1. The van der Waals surface area contributed by atoms with Crippen molar-refractivity contribution in [1.82, 2.24) is 10.2 Å². The summed E-state index contributed by atoms with van der Waals surface area (Å²) in [4.78, 5) is 10.6. The van der Waals surface area contributed by atoms with Crippen LogP contribution in [0.2, 0.25) is 0 Å². The van der Waals surface area contributed by atoms with Gasteiger partial charge in [0, 0.05) is 11.8 Å². The average molecular weight is 259 g/mol. The third-order valence-corrected chi connectivity index (χ3v) is 2.30. The fraction of sp³-hybridized carbons (Fsp3) is 0.154. The lowest BCUT2D eigenvalue weighted by molar-refractivity contribution is 0.0689. The first-order chi connectivity index (χ1) is 9.19. The zero-order valence-electron chi connectivity index (χ0n) is 10.3. The van der Waals surface area contributed by atoms with Gasteiger partial charge in [0.05, 0.1) is 6.61 Å². The number of carboxylic acid groups (broad SMARTS) is 1. The van der Waals surface area contributed by atoms with E-state index < -0.39 is 5.97 Å². The first-order valence-corrected chi connectivity index (χ1v) is 5.76. The second-order valence-electron chi connectivity index (χ2n) is 3.69. The summed E-state index contributed by atoms with van der Waals surface area (Å²) >= 11 is 0. The van der Waals surface area contributed by atoms with Gasteiger partial charge in [0.2, 0.25) is 0 Å².